The summed E-state index contributed by atoms with van der Waals surface area (Å²) in [6.07, 6.45) is 3.61. The first kappa shape index (κ1) is 16.1. The van der Waals surface area contributed by atoms with E-state index < -0.39 is 0 Å². The first-order chi connectivity index (χ1) is 9.01. The first-order valence-electron chi connectivity index (χ1n) is 7.29. The monoisotopic (exact) mass is 264 g/mol. The molecule has 3 nitrogen and oxygen atoms in total. The fourth-order valence-corrected chi connectivity index (χ4v) is 1.69. The van der Waals surface area contributed by atoms with Gasteiger partial charge in [0, 0.05) is 18.7 Å². The second-order valence-corrected chi connectivity index (χ2v) is 5.98. The minimum atomic E-state index is 0.119. The summed E-state index contributed by atoms with van der Waals surface area (Å²) in [6, 6.07) is 6.14. The van der Waals surface area contributed by atoms with E-state index in [1.54, 1.807) is 0 Å². The fourth-order valence-electron chi connectivity index (χ4n) is 1.69. The van der Waals surface area contributed by atoms with Gasteiger partial charge in [-0.15, -0.1) is 0 Å². The smallest absolute Gasteiger partial charge is 0.0887 e. The van der Waals surface area contributed by atoms with E-state index in [4.69, 9.17) is 4.74 Å². The van der Waals surface area contributed by atoms with E-state index in [2.05, 4.69) is 50.1 Å². The van der Waals surface area contributed by atoms with Crippen LogP contribution in [0.25, 0.3) is 0 Å². The predicted molar refractivity (Wildman–Crippen MR) is 80.0 cm³/mol. The van der Waals surface area contributed by atoms with Crippen molar-refractivity contribution in [1.29, 1.82) is 0 Å². The van der Waals surface area contributed by atoms with E-state index in [1.807, 2.05) is 6.07 Å². The van der Waals surface area contributed by atoms with Crippen molar-refractivity contribution in [2.45, 2.75) is 65.6 Å². The molecule has 0 atom stereocenters. The van der Waals surface area contributed by atoms with Crippen LogP contribution >= 0.6 is 0 Å². The van der Waals surface area contributed by atoms with Crippen LogP contribution in [0.2, 0.25) is 0 Å². The topological polar surface area (TPSA) is 34.1 Å². The lowest BCUT2D eigenvalue weighted by molar-refractivity contribution is 0.114. The van der Waals surface area contributed by atoms with Gasteiger partial charge in [0.05, 0.1) is 18.0 Å². The molecule has 0 aliphatic rings. The third-order valence-electron chi connectivity index (χ3n) is 2.81. The molecule has 1 N–H and O–H groups in total. The third kappa shape index (κ3) is 7.96. The van der Waals surface area contributed by atoms with Crippen molar-refractivity contribution in [3.05, 3.63) is 29.6 Å². The largest absolute Gasteiger partial charge is 0.375 e. The number of nitrogens with zero attached hydrogens (tertiary/aromatic N) is 1. The van der Waals surface area contributed by atoms with Crippen molar-refractivity contribution in [2.24, 2.45) is 0 Å². The van der Waals surface area contributed by atoms with Gasteiger partial charge in [0.15, 0.2) is 0 Å². The Kier molecular flexibility index (Phi) is 7.03. The summed E-state index contributed by atoms with van der Waals surface area (Å²) >= 11 is 0. The van der Waals surface area contributed by atoms with Gasteiger partial charge in [-0.05, 0) is 39.3 Å². The minimum absolute atomic E-state index is 0.119. The van der Waals surface area contributed by atoms with Gasteiger partial charge in [-0.1, -0.05) is 25.8 Å². The number of ether oxygens (including phenoxy) is 1. The van der Waals surface area contributed by atoms with Gasteiger partial charge in [0.1, 0.15) is 0 Å². The molecule has 19 heavy (non-hydrogen) atoms. The molecular formula is C16H28N2O. The SMILES string of the molecule is CCCCCOCc1cccc(CNC(C)(C)C)n1. The third-order valence-corrected chi connectivity index (χ3v) is 2.81. The van der Waals surface area contributed by atoms with Crippen molar-refractivity contribution in [3.8, 4) is 0 Å². The van der Waals surface area contributed by atoms with Crippen molar-refractivity contribution < 1.29 is 4.74 Å². The van der Waals surface area contributed by atoms with E-state index in [9.17, 15) is 0 Å². The van der Waals surface area contributed by atoms with Gasteiger partial charge in [-0.25, -0.2) is 0 Å². The number of hydrogen-bond acceptors (Lipinski definition) is 3. The van der Waals surface area contributed by atoms with Crippen LogP contribution in [0.4, 0.5) is 0 Å². The van der Waals surface area contributed by atoms with Crippen molar-refractivity contribution in [2.75, 3.05) is 6.61 Å². The number of unbranched alkanes of at least 4 members (excludes halogenated alkanes) is 2. The highest BCUT2D eigenvalue weighted by Crippen LogP contribution is 2.05. The molecule has 0 amide bonds. The Morgan fingerprint density at radius 2 is 1.89 bits per heavy atom. The van der Waals surface area contributed by atoms with Crippen LogP contribution in [0.3, 0.4) is 0 Å². The molecule has 0 radical (unpaired) electrons. The van der Waals surface area contributed by atoms with Crippen LogP contribution in [0.15, 0.2) is 18.2 Å². The molecule has 1 aromatic heterocycles. The second kappa shape index (κ2) is 8.28. The first-order valence-corrected chi connectivity index (χ1v) is 7.29. The average Bonchev–Trinajstić information content (AvgIpc) is 2.36. The zero-order valence-electron chi connectivity index (χ0n) is 12.8. The molecule has 0 fully saturated rings. The van der Waals surface area contributed by atoms with Gasteiger partial charge in [-0.3, -0.25) is 4.98 Å². The molecule has 0 saturated carbocycles. The van der Waals surface area contributed by atoms with Gasteiger partial charge < -0.3 is 10.1 Å². The zero-order valence-corrected chi connectivity index (χ0v) is 12.8. The highest BCUT2D eigenvalue weighted by Gasteiger charge is 2.08. The second-order valence-electron chi connectivity index (χ2n) is 5.98. The Labute approximate surface area is 117 Å². The lowest BCUT2D eigenvalue weighted by Crippen LogP contribution is -2.35. The van der Waals surface area contributed by atoms with E-state index in [0.29, 0.717) is 6.61 Å². The molecule has 3 heteroatoms. The Morgan fingerprint density at radius 1 is 1.16 bits per heavy atom. The highest BCUT2D eigenvalue weighted by molar-refractivity contribution is 5.10. The Hall–Kier alpha value is -0.930. The standard InChI is InChI=1S/C16H28N2O/c1-5-6-7-11-19-13-15-10-8-9-14(18-15)12-17-16(2,3)4/h8-10,17H,5-7,11-13H2,1-4H3. The van der Waals surface area contributed by atoms with E-state index in [-0.39, 0.29) is 5.54 Å². The maximum absolute atomic E-state index is 5.64. The molecular weight excluding hydrogens is 236 g/mol. The van der Waals surface area contributed by atoms with E-state index in [1.165, 1.54) is 12.8 Å². The van der Waals surface area contributed by atoms with Crippen LogP contribution < -0.4 is 5.32 Å². The summed E-state index contributed by atoms with van der Waals surface area (Å²) in [4.78, 5) is 4.61. The van der Waals surface area contributed by atoms with Crippen LogP contribution in [0, 0.1) is 0 Å². The number of pyridine rings is 1. The summed E-state index contributed by atoms with van der Waals surface area (Å²) in [7, 11) is 0. The predicted octanol–water partition coefficient (Wildman–Crippen LogP) is 3.68. The molecule has 1 rings (SSSR count). The lowest BCUT2D eigenvalue weighted by atomic mass is 10.1. The lowest BCUT2D eigenvalue weighted by Gasteiger charge is -2.20. The normalized spacial score (nSPS) is 11.8. The fraction of sp³-hybridized carbons (Fsp3) is 0.688. The zero-order chi connectivity index (χ0) is 14.1. The van der Waals surface area contributed by atoms with Gasteiger partial charge >= 0.3 is 0 Å². The highest BCUT2D eigenvalue weighted by atomic mass is 16.5. The summed E-state index contributed by atoms with van der Waals surface area (Å²) in [5.74, 6) is 0. The minimum Gasteiger partial charge on any atom is -0.375 e. The quantitative estimate of drug-likeness (QED) is 0.727. The molecule has 0 spiro atoms. The molecule has 0 unspecified atom stereocenters. The Balaban J connectivity index is 2.35. The van der Waals surface area contributed by atoms with Crippen molar-refractivity contribution in [3.63, 3.8) is 0 Å². The summed E-state index contributed by atoms with van der Waals surface area (Å²) in [5.41, 5.74) is 2.21. The van der Waals surface area contributed by atoms with Gasteiger partial charge in [0.25, 0.3) is 0 Å². The molecule has 0 aliphatic heterocycles. The van der Waals surface area contributed by atoms with Crippen molar-refractivity contribution in [1.82, 2.24) is 10.3 Å². The Morgan fingerprint density at radius 3 is 2.58 bits per heavy atom. The molecule has 1 aromatic rings. The number of hydrogen-bond donors (Lipinski definition) is 1. The maximum atomic E-state index is 5.64. The average molecular weight is 264 g/mol. The molecule has 108 valence electrons. The molecule has 0 bridgehead atoms. The van der Waals surface area contributed by atoms with Crippen LogP contribution in [0.5, 0.6) is 0 Å². The van der Waals surface area contributed by atoms with Gasteiger partial charge in [0.2, 0.25) is 0 Å². The van der Waals surface area contributed by atoms with E-state index in [0.717, 1.165) is 31.0 Å². The number of rotatable bonds is 8. The number of aromatic nitrogens is 1. The van der Waals surface area contributed by atoms with Crippen LogP contribution in [0.1, 0.15) is 58.3 Å². The molecule has 0 saturated heterocycles. The molecule has 0 aromatic carbocycles. The van der Waals surface area contributed by atoms with Gasteiger partial charge in [-0.2, -0.15) is 0 Å². The molecule has 0 aliphatic carbocycles. The maximum Gasteiger partial charge on any atom is 0.0887 e. The summed E-state index contributed by atoms with van der Waals surface area (Å²) < 4.78 is 5.64. The summed E-state index contributed by atoms with van der Waals surface area (Å²) in [6.45, 7) is 10.9. The number of nitrogens with one attached hydrogen (secondary N) is 1. The molecule has 1 heterocycles. The van der Waals surface area contributed by atoms with Crippen LogP contribution in [-0.2, 0) is 17.9 Å². The van der Waals surface area contributed by atoms with E-state index >= 15 is 0 Å². The Bertz CT molecular complexity index is 358. The van der Waals surface area contributed by atoms with Crippen LogP contribution in [-0.4, -0.2) is 17.1 Å². The summed E-state index contributed by atoms with van der Waals surface area (Å²) in [5, 5.41) is 3.45. The van der Waals surface area contributed by atoms with Crippen molar-refractivity contribution >= 4 is 0 Å².